The molecule has 0 N–H and O–H groups in total. The van der Waals surface area contributed by atoms with Gasteiger partial charge < -0.3 is 14.0 Å². The van der Waals surface area contributed by atoms with E-state index in [-0.39, 0.29) is 28.3 Å². The Morgan fingerprint density at radius 2 is 1.95 bits per heavy atom. The minimum Gasteiger partial charge on any atom is -0.490 e. The Kier molecular flexibility index (Phi) is 4.07. The molecule has 0 spiro atoms. The molecule has 1 aromatic heterocycles. The molecule has 22 heavy (non-hydrogen) atoms. The van der Waals surface area contributed by atoms with Gasteiger partial charge in [0.15, 0.2) is 5.75 Å². The van der Waals surface area contributed by atoms with Crippen LogP contribution in [-0.4, -0.2) is 29.7 Å². The second-order valence-electron chi connectivity index (χ2n) is 5.23. The summed E-state index contributed by atoms with van der Waals surface area (Å²) >= 11 is 0. The molecule has 0 amide bonds. The van der Waals surface area contributed by atoms with Gasteiger partial charge in [-0.3, -0.25) is 10.1 Å². The number of nitro groups is 1. The normalized spacial score (nSPS) is 11.0. The maximum atomic E-state index is 12.2. The monoisotopic (exact) mass is 306 g/mol. The van der Waals surface area contributed by atoms with Gasteiger partial charge in [0.2, 0.25) is 0 Å². The molecule has 0 saturated carbocycles. The number of nitro benzene ring substituents is 1. The molecule has 0 radical (unpaired) electrons. The van der Waals surface area contributed by atoms with Crippen LogP contribution in [0.2, 0.25) is 0 Å². The van der Waals surface area contributed by atoms with E-state index < -0.39 is 10.9 Å². The predicted molar refractivity (Wildman–Crippen MR) is 81.6 cm³/mol. The van der Waals surface area contributed by atoms with Crippen molar-refractivity contribution in [1.29, 1.82) is 0 Å². The first-order valence-electron chi connectivity index (χ1n) is 6.77. The number of carbonyl (C=O) groups is 1. The summed E-state index contributed by atoms with van der Waals surface area (Å²) in [4.78, 5) is 23.2. The van der Waals surface area contributed by atoms with Gasteiger partial charge >= 0.3 is 11.7 Å². The van der Waals surface area contributed by atoms with Crippen molar-refractivity contribution in [2.45, 2.75) is 19.8 Å². The summed E-state index contributed by atoms with van der Waals surface area (Å²) in [5.41, 5.74) is 1.29. The van der Waals surface area contributed by atoms with Crippen LogP contribution >= 0.6 is 0 Å². The first-order valence-corrected chi connectivity index (χ1v) is 6.77. The lowest BCUT2D eigenvalue weighted by Crippen LogP contribution is -2.08. The number of aryl methyl sites for hydroxylation is 1. The lowest BCUT2D eigenvalue weighted by molar-refractivity contribution is -0.384. The standard InChI is InChI=1S/C15H18N2O5/c1-8(2)13-12(15(18)22-5)11-9(16(13)3)6-7-10(21-4)14(11)17(19)20/h6-8H,1-5H3. The predicted octanol–water partition coefficient (Wildman–Crippen LogP) is 3.01. The number of esters is 1. The van der Waals surface area contributed by atoms with E-state index >= 15 is 0 Å². The van der Waals surface area contributed by atoms with Gasteiger partial charge in [0, 0.05) is 12.7 Å². The third-order valence-electron chi connectivity index (χ3n) is 3.69. The van der Waals surface area contributed by atoms with Gasteiger partial charge in [-0.25, -0.2) is 4.79 Å². The van der Waals surface area contributed by atoms with Crippen molar-refractivity contribution >= 4 is 22.6 Å². The average Bonchev–Trinajstić information content (AvgIpc) is 2.78. The quantitative estimate of drug-likeness (QED) is 0.492. The highest BCUT2D eigenvalue weighted by atomic mass is 16.6. The van der Waals surface area contributed by atoms with Crippen LogP contribution < -0.4 is 4.74 Å². The van der Waals surface area contributed by atoms with Crippen molar-refractivity contribution in [3.8, 4) is 5.75 Å². The van der Waals surface area contributed by atoms with Crippen molar-refractivity contribution in [2.24, 2.45) is 7.05 Å². The van der Waals surface area contributed by atoms with Crippen LogP contribution in [0.15, 0.2) is 12.1 Å². The van der Waals surface area contributed by atoms with Crippen LogP contribution in [-0.2, 0) is 11.8 Å². The van der Waals surface area contributed by atoms with Crippen molar-refractivity contribution < 1.29 is 19.2 Å². The zero-order valence-corrected chi connectivity index (χ0v) is 13.2. The van der Waals surface area contributed by atoms with Crippen LogP contribution in [0.1, 0.15) is 35.8 Å². The van der Waals surface area contributed by atoms with Gasteiger partial charge in [0.1, 0.15) is 0 Å². The Labute approximate surface area is 127 Å². The molecule has 2 rings (SSSR count). The SMILES string of the molecule is COC(=O)c1c(C(C)C)n(C)c2ccc(OC)c([N+](=O)[O-])c12. The van der Waals surface area contributed by atoms with E-state index in [1.165, 1.54) is 20.3 Å². The number of hydrogen-bond acceptors (Lipinski definition) is 5. The lowest BCUT2D eigenvalue weighted by Gasteiger charge is -2.09. The first kappa shape index (κ1) is 15.8. The molecule has 0 fully saturated rings. The largest absolute Gasteiger partial charge is 0.490 e. The van der Waals surface area contributed by atoms with Gasteiger partial charge in [-0.05, 0) is 18.1 Å². The Bertz CT molecular complexity index is 761. The summed E-state index contributed by atoms with van der Waals surface area (Å²) in [6.07, 6.45) is 0. The zero-order chi connectivity index (χ0) is 16.6. The second-order valence-corrected chi connectivity index (χ2v) is 5.23. The molecule has 0 aliphatic rings. The summed E-state index contributed by atoms with van der Waals surface area (Å²) in [6.45, 7) is 3.84. The molecule has 2 aromatic rings. The van der Waals surface area contributed by atoms with Crippen molar-refractivity contribution in [2.75, 3.05) is 14.2 Å². The molecule has 0 aliphatic heterocycles. The van der Waals surface area contributed by atoms with Gasteiger partial charge in [0.05, 0.1) is 35.6 Å². The topological polar surface area (TPSA) is 83.6 Å². The number of methoxy groups -OCH3 is 2. The molecule has 118 valence electrons. The van der Waals surface area contributed by atoms with E-state index in [1.54, 1.807) is 17.7 Å². The Morgan fingerprint density at radius 1 is 1.32 bits per heavy atom. The van der Waals surface area contributed by atoms with Gasteiger partial charge in [-0.15, -0.1) is 0 Å². The summed E-state index contributed by atoms with van der Waals surface area (Å²) < 4.78 is 11.7. The molecule has 0 bridgehead atoms. The van der Waals surface area contributed by atoms with Crippen molar-refractivity contribution in [3.63, 3.8) is 0 Å². The smallest absolute Gasteiger partial charge is 0.340 e. The number of ether oxygens (including phenoxy) is 2. The number of rotatable bonds is 4. The van der Waals surface area contributed by atoms with Crippen LogP contribution in [0, 0.1) is 10.1 Å². The van der Waals surface area contributed by atoms with Gasteiger partial charge in [-0.2, -0.15) is 0 Å². The molecule has 7 heteroatoms. The molecule has 7 nitrogen and oxygen atoms in total. The third kappa shape index (κ3) is 2.18. The van der Waals surface area contributed by atoms with Crippen molar-refractivity contribution in [3.05, 3.63) is 33.5 Å². The minimum atomic E-state index is -0.592. The fourth-order valence-corrected chi connectivity index (χ4v) is 2.84. The number of nitrogens with zero attached hydrogens (tertiary/aromatic N) is 2. The van der Waals surface area contributed by atoms with Gasteiger partial charge in [-0.1, -0.05) is 13.8 Å². The molecular formula is C15H18N2O5. The van der Waals surface area contributed by atoms with E-state index in [4.69, 9.17) is 9.47 Å². The van der Waals surface area contributed by atoms with Crippen LogP contribution in [0.5, 0.6) is 5.75 Å². The molecule has 0 aliphatic carbocycles. The van der Waals surface area contributed by atoms with E-state index in [0.29, 0.717) is 11.2 Å². The molecule has 1 aromatic carbocycles. The van der Waals surface area contributed by atoms with Crippen LogP contribution in [0.25, 0.3) is 10.9 Å². The fraction of sp³-hybridized carbons (Fsp3) is 0.400. The van der Waals surface area contributed by atoms with Crippen LogP contribution in [0.4, 0.5) is 5.69 Å². The molecule has 1 heterocycles. The second kappa shape index (κ2) is 5.67. The highest BCUT2D eigenvalue weighted by molar-refractivity contribution is 6.10. The Hall–Kier alpha value is -2.57. The van der Waals surface area contributed by atoms with E-state index in [9.17, 15) is 14.9 Å². The maximum Gasteiger partial charge on any atom is 0.340 e. The average molecular weight is 306 g/mol. The number of aromatic nitrogens is 1. The van der Waals surface area contributed by atoms with Crippen molar-refractivity contribution in [1.82, 2.24) is 4.57 Å². The minimum absolute atomic E-state index is 0.00269. The highest BCUT2D eigenvalue weighted by Crippen LogP contribution is 2.41. The van der Waals surface area contributed by atoms with Crippen LogP contribution in [0.3, 0.4) is 0 Å². The summed E-state index contributed by atoms with van der Waals surface area (Å²) in [7, 11) is 4.40. The highest BCUT2D eigenvalue weighted by Gasteiger charge is 2.31. The van der Waals surface area contributed by atoms with E-state index in [2.05, 4.69) is 0 Å². The summed E-state index contributed by atoms with van der Waals surface area (Å²) in [6, 6.07) is 3.24. The Morgan fingerprint density at radius 3 is 2.41 bits per heavy atom. The van der Waals surface area contributed by atoms with E-state index in [0.717, 1.165) is 0 Å². The molecular weight excluding hydrogens is 288 g/mol. The molecule has 0 saturated heterocycles. The number of benzene rings is 1. The van der Waals surface area contributed by atoms with E-state index in [1.807, 2.05) is 13.8 Å². The summed E-state index contributed by atoms with van der Waals surface area (Å²) in [5.74, 6) is -0.480. The molecule has 0 unspecified atom stereocenters. The number of fused-ring (bicyclic) bond motifs is 1. The van der Waals surface area contributed by atoms with Gasteiger partial charge in [0.25, 0.3) is 0 Å². The number of hydrogen-bond donors (Lipinski definition) is 0. The third-order valence-corrected chi connectivity index (χ3v) is 3.69. The first-order chi connectivity index (χ1) is 10.3. The fourth-order valence-electron chi connectivity index (χ4n) is 2.84. The number of carbonyl (C=O) groups excluding carboxylic acids is 1. The lowest BCUT2D eigenvalue weighted by atomic mass is 10.0. The Balaban J connectivity index is 3.07. The summed E-state index contributed by atoms with van der Waals surface area (Å²) in [5, 5.41) is 11.8. The maximum absolute atomic E-state index is 12.2. The zero-order valence-electron chi connectivity index (χ0n) is 13.2. The molecule has 0 atom stereocenters.